The predicted molar refractivity (Wildman–Crippen MR) is 97.6 cm³/mol. The average molecular weight is 370 g/mol. The summed E-state index contributed by atoms with van der Waals surface area (Å²) in [6.45, 7) is 0.682. The van der Waals surface area contributed by atoms with Crippen molar-refractivity contribution in [3.63, 3.8) is 0 Å². The summed E-state index contributed by atoms with van der Waals surface area (Å²) in [6, 6.07) is 7.17. The quantitative estimate of drug-likeness (QED) is 0.669. The molecule has 0 radical (unpaired) electrons. The molecular weight excluding hydrogens is 348 g/mol. The van der Waals surface area contributed by atoms with Crippen molar-refractivity contribution >= 4 is 22.7 Å². The molecule has 27 heavy (non-hydrogen) atoms. The fraction of sp³-hybridized carbons (Fsp3) is 0.500. The number of nitrogens with one attached hydrogen (secondary N) is 3. The van der Waals surface area contributed by atoms with Crippen molar-refractivity contribution in [3.05, 3.63) is 34.6 Å². The van der Waals surface area contributed by atoms with Crippen LogP contribution in [0.4, 0.5) is 0 Å². The van der Waals surface area contributed by atoms with Crippen LogP contribution in [0, 0.1) is 5.92 Å². The van der Waals surface area contributed by atoms with Crippen LogP contribution >= 0.6 is 0 Å². The molecule has 0 bridgehead atoms. The Hall–Kier alpha value is -2.81. The molecule has 2 heterocycles. The molecule has 0 spiro atoms. The van der Waals surface area contributed by atoms with Gasteiger partial charge in [0.05, 0.1) is 24.5 Å². The van der Waals surface area contributed by atoms with E-state index in [1.165, 1.54) is 4.68 Å². The molecular formula is C18H22N6O3. The van der Waals surface area contributed by atoms with Crippen LogP contribution in [0.15, 0.2) is 29.1 Å². The van der Waals surface area contributed by atoms with Crippen LogP contribution in [0.25, 0.3) is 10.9 Å². The maximum atomic E-state index is 12.4. The number of rotatable bonds is 4. The van der Waals surface area contributed by atoms with E-state index in [1.807, 2.05) is 0 Å². The standard InChI is InChI=1S/C18H22N6O3/c25-16(21-11-5-6-14-13(9-11)17(26)20-10-19-14)7-8-24-18(27)12-3-1-2-4-15(12)22-23-24/h1-4,11,13-14,19H,5-10H2,(H,20,26)(H,21,25). The molecule has 3 unspecified atom stereocenters. The third-order valence-electron chi connectivity index (χ3n) is 5.36. The molecule has 9 nitrogen and oxygen atoms in total. The van der Waals surface area contributed by atoms with E-state index < -0.39 is 0 Å². The number of fused-ring (bicyclic) bond motifs is 2. The van der Waals surface area contributed by atoms with Crippen LogP contribution < -0.4 is 21.5 Å². The number of aromatic nitrogens is 3. The summed E-state index contributed by atoms with van der Waals surface area (Å²) in [5.41, 5.74) is 0.290. The highest BCUT2D eigenvalue weighted by Crippen LogP contribution is 2.26. The van der Waals surface area contributed by atoms with Crippen LogP contribution in [0.5, 0.6) is 0 Å². The Morgan fingerprint density at radius 2 is 2.11 bits per heavy atom. The predicted octanol–water partition coefficient (Wildman–Crippen LogP) is -0.488. The van der Waals surface area contributed by atoms with Gasteiger partial charge < -0.3 is 10.6 Å². The fourth-order valence-electron chi connectivity index (χ4n) is 3.91. The van der Waals surface area contributed by atoms with E-state index in [0.29, 0.717) is 24.0 Å². The summed E-state index contributed by atoms with van der Waals surface area (Å²) in [5, 5.41) is 17.5. The van der Waals surface area contributed by atoms with Crippen molar-refractivity contribution < 1.29 is 9.59 Å². The Balaban J connectivity index is 1.34. The summed E-state index contributed by atoms with van der Waals surface area (Å²) in [4.78, 5) is 36.7. The van der Waals surface area contributed by atoms with Gasteiger partial charge in [0.15, 0.2) is 0 Å². The lowest BCUT2D eigenvalue weighted by Gasteiger charge is -2.39. The molecule has 1 aromatic heterocycles. The van der Waals surface area contributed by atoms with Gasteiger partial charge in [-0.1, -0.05) is 17.3 Å². The van der Waals surface area contributed by atoms with Gasteiger partial charge in [-0.05, 0) is 31.4 Å². The molecule has 2 aromatic rings. The molecule has 3 atom stereocenters. The largest absolute Gasteiger partial charge is 0.353 e. The van der Waals surface area contributed by atoms with E-state index in [2.05, 4.69) is 26.3 Å². The number of hydrogen-bond donors (Lipinski definition) is 3. The lowest BCUT2D eigenvalue weighted by Crippen LogP contribution is -2.59. The van der Waals surface area contributed by atoms with Gasteiger partial charge in [-0.25, -0.2) is 4.68 Å². The van der Waals surface area contributed by atoms with Crippen molar-refractivity contribution in [2.75, 3.05) is 6.67 Å². The Labute approximate surface area is 155 Å². The van der Waals surface area contributed by atoms with E-state index in [4.69, 9.17) is 0 Å². The Kier molecular flexibility index (Phi) is 4.85. The lowest BCUT2D eigenvalue weighted by atomic mass is 9.80. The minimum absolute atomic E-state index is 0.0243. The Bertz CT molecular complexity index is 927. The minimum Gasteiger partial charge on any atom is -0.353 e. The van der Waals surface area contributed by atoms with E-state index >= 15 is 0 Å². The van der Waals surface area contributed by atoms with Crippen molar-refractivity contribution in [2.45, 2.75) is 44.3 Å². The molecule has 1 aromatic carbocycles. The number of amides is 2. The van der Waals surface area contributed by atoms with Crippen LogP contribution in [0.1, 0.15) is 25.7 Å². The molecule has 4 rings (SSSR count). The highest BCUT2D eigenvalue weighted by molar-refractivity contribution is 5.81. The third kappa shape index (κ3) is 3.68. The Morgan fingerprint density at radius 1 is 1.26 bits per heavy atom. The summed E-state index contributed by atoms with van der Waals surface area (Å²) >= 11 is 0. The number of benzene rings is 1. The molecule has 2 fully saturated rings. The third-order valence-corrected chi connectivity index (χ3v) is 5.36. The van der Waals surface area contributed by atoms with Crippen molar-refractivity contribution in [2.24, 2.45) is 5.92 Å². The van der Waals surface area contributed by atoms with E-state index in [9.17, 15) is 14.4 Å². The molecule has 1 aliphatic heterocycles. The van der Waals surface area contributed by atoms with Gasteiger partial charge in [0.1, 0.15) is 5.52 Å². The molecule has 1 saturated heterocycles. The summed E-state index contributed by atoms with van der Waals surface area (Å²) in [5.74, 6) is -0.202. The number of nitrogens with zero attached hydrogens (tertiary/aromatic N) is 3. The minimum atomic E-state index is -0.251. The number of aryl methyl sites for hydroxylation is 1. The molecule has 9 heteroatoms. The second-order valence-electron chi connectivity index (χ2n) is 7.10. The zero-order valence-corrected chi connectivity index (χ0v) is 14.9. The monoisotopic (exact) mass is 370 g/mol. The van der Waals surface area contributed by atoms with E-state index in [-0.39, 0.29) is 48.3 Å². The van der Waals surface area contributed by atoms with Gasteiger partial charge in [0, 0.05) is 18.5 Å². The van der Waals surface area contributed by atoms with E-state index in [0.717, 1.165) is 12.8 Å². The lowest BCUT2D eigenvalue weighted by molar-refractivity contribution is -0.130. The summed E-state index contributed by atoms with van der Waals surface area (Å²) in [7, 11) is 0. The zero-order chi connectivity index (χ0) is 18.8. The average Bonchev–Trinajstić information content (AvgIpc) is 2.68. The molecule has 1 aliphatic carbocycles. The van der Waals surface area contributed by atoms with Gasteiger partial charge in [-0.3, -0.25) is 19.7 Å². The molecule has 142 valence electrons. The number of carbonyl (C=O) groups excluding carboxylic acids is 2. The van der Waals surface area contributed by atoms with Crippen LogP contribution in [-0.4, -0.2) is 45.6 Å². The Morgan fingerprint density at radius 3 is 3.00 bits per heavy atom. The first-order chi connectivity index (χ1) is 13.1. The van der Waals surface area contributed by atoms with Crippen LogP contribution in [0.2, 0.25) is 0 Å². The number of carbonyl (C=O) groups is 2. The van der Waals surface area contributed by atoms with Gasteiger partial charge >= 0.3 is 0 Å². The first kappa shape index (κ1) is 17.6. The van der Waals surface area contributed by atoms with Crippen LogP contribution in [-0.2, 0) is 16.1 Å². The smallest absolute Gasteiger partial charge is 0.277 e. The van der Waals surface area contributed by atoms with Crippen LogP contribution in [0.3, 0.4) is 0 Å². The zero-order valence-electron chi connectivity index (χ0n) is 14.9. The number of hydrogen-bond acceptors (Lipinski definition) is 6. The van der Waals surface area contributed by atoms with Crippen molar-refractivity contribution in [1.82, 2.24) is 30.9 Å². The highest BCUT2D eigenvalue weighted by Gasteiger charge is 2.37. The summed E-state index contributed by atoms with van der Waals surface area (Å²) in [6.07, 6.45) is 2.47. The second-order valence-corrected chi connectivity index (χ2v) is 7.10. The normalized spacial score (nSPS) is 24.9. The SMILES string of the molecule is O=C(CCn1nnc2ccccc2c1=O)NC1CCC2NCNC(=O)C2C1. The van der Waals surface area contributed by atoms with Gasteiger partial charge in [0.25, 0.3) is 5.56 Å². The first-order valence-corrected chi connectivity index (χ1v) is 9.25. The van der Waals surface area contributed by atoms with Gasteiger partial charge in [-0.15, -0.1) is 5.10 Å². The maximum absolute atomic E-state index is 12.4. The van der Waals surface area contributed by atoms with Gasteiger partial charge in [0.2, 0.25) is 11.8 Å². The maximum Gasteiger partial charge on any atom is 0.277 e. The van der Waals surface area contributed by atoms with Crippen molar-refractivity contribution in [1.29, 1.82) is 0 Å². The second kappa shape index (κ2) is 7.43. The first-order valence-electron chi connectivity index (χ1n) is 9.25. The molecule has 1 saturated carbocycles. The summed E-state index contributed by atoms with van der Waals surface area (Å²) < 4.78 is 1.22. The highest BCUT2D eigenvalue weighted by atomic mass is 16.2. The fourth-order valence-corrected chi connectivity index (χ4v) is 3.91. The molecule has 2 aliphatic rings. The molecule has 2 amide bonds. The van der Waals surface area contributed by atoms with E-state index in [1.54, 1.807) is 24.3 Å². The topological polar surface area (TPSA) is 118 Å². The van der Waals surface area contributed by atoms with Gasteiger partial charge in [-0.2, -0.15) is 0 Å². The van der Waals surface area contributed by atoms with Crippen molar-refractivity contribution in [3.8, 4) is 0 Å². The molecule has 3 N–H and O–H groups in total.